The van der Waals surface area contributed by atoms with Crippen molar-refractivity contribution in [2.45, 2.75) is 64.1 Å². The summed E-state index contributed by atoms with van der Waals surface area (Å²) in [6.45, 7) is 7.76. The summed E-state index contributed by atoms with van der Waals surface area (Å²) >= 11 is 5.50. The summed E-state index contributed by atoms with van der Waals surface area (Å²) < 4.78 is 5.39. The number of carbonyl (C=O) groups excluding carboxylic acids is 1. The maximum Gasteiger partial charge on any atom is 0.307 e. The maximum atomic E-state index is 11.4. The Kier molecular flexibility index (Phi) is 4.44. The van der Waals surface area contributed by atoms with Crippen LogP contribution in [0.2, 0.25) is 0 Å². The number of nitrogens with zero attached hydrogens (tertiary/aromatic N) is 1. The molecule has 0 saturated carbocycles. The molecule has 0 unspecified atom stereocenters. The molecule has 1 aliphatic rings. The first-order valence-corrected chi connectivity index (χ1v) is 6.47. The molecule has 100 valence electrons. The van der Waals surface area contributed by atoms with E-state index in [9.17, 15) is 10.0 Å². The second-order valence-electron chi connectivity index (χ2n) is 5.90. The molecule has 1 N–H and O–H groups in total. The molecule has 0 atom stereocenters. The Balaban J connectivity index is 2.68. The lowest BCUT2D eigenvalue weighted by atomic mass is 9.80. The Morgan fingerprint density at radius 2 is 1.82 bits per heavy atom. The number of esters is 1. The minimum Gasteiger partial charge on any atom is -0.462 e. The number of hydrogen-bond donors (Lipinski definition) is 1. The van der Waals surface area contributed by atoms with Crippen LogP contribution >= 0.6 is 11.6 Å². The lowest BCUT2D eigenvalue weighted by Crippen LogP contribution is -2.60. The molecule has 4 nitrogen and oxygen atoms in total. The Morgan fingerprint density at radius 3 is 2.24 bits per heavy atom. The molecule has 1 heterocycles. The van der Waals surface area contributed by atoms with E-state index in [2.05, 4.69) is 0 Å². The monoisotopic (exact) mass is 263 g/mol. The van der Waals surface area contributed by atoms with Crippen LogP contribution in [-0.2, 0) is 9.53 Å². The molecule has 1 rings (SSSR count). The van der Waals surface area contributed by atoms with Crippen LogP contribution in [0.4, 0.5) is 0 Å². The van der Waals surface area contributed by atoms with Gasteiger partial charge in [-0.3, -0.25) is 4.79 Å². The number of ether oxygens (including phenoxy) is 1. The van der Waals surface area contributed by atoms with E-state index in [4.69, 9.17) is 16.3 Å². The number of hydrogen-bond acceptors (Lipinski definition) is 4. The van der Waals surface area contributed by atoms with Gasteiger partial charge in [-0.15, -0.1) is 11.6 Å². The smallest absolute Gasteiger partial charge is 0.307 e. The zero-order valence-electron chi connectivity index (χ0n) is 11.0. The van der Waals surface area contributed by atoms with E-state index < -0.39 is 11.1 Å². The minimum absolute atomic E-state index is 0.154. The third-order valence-electron chi connectivity index (χ3n) is 3.20. The molecular formula is C12H22ClNO3. The van der Waals surface area contributed by atoms with Crippen LogP contribution in [0.3, 0.4) is 0 Å². The molecule has 0 amide bonds. The van der Waals surface area contributed by atoms with Crippen molar-refractivity contribution in [2.24, 2.45) is 0 Å². The van der Waals surface area contributed by atoms with Crippen molar-refractivity contribution in [1.82, 2.24) is 5.06 Å². The lowest BCUT2D eigenvalue weighted by molar-refractivity contribution is -0.259. The summed E-state index contributed by atoms with van der Waals surface area (Å²) in [4.78, 5) is 11.4. The van der Waals surface area contributed by atoms with Gasteiger partial charge in [0.2, 0.25) is 0 Å². The number of rotatable bonds is 3. The Bertz CT molecular complexity index is 273. The zero-order chi connectivity index (χ0) is 13.3. The van der Waals surface area contributed by atoms with Crippen molar-refractivity contribution in [2.75, 3.05) is 5.88 Å². The van der Waals surface area contributed by atoms with E-state index in [0.29, 0.717) is 12.8 Å². The van der Waals surface area contributed by atoms with E-state index >= 15 is 0 Å². The summed E-state index contributed by atoms with van der Waals surface area (Å²) in [7, 11) is 0. The maximum absolute atomic E-state index is 11.4. The molecule has 0 aliphatic carbocycles. The van der Waals surface area contributed by atoms with E-state index in [1.165, 1.54) is 5.06 Å². The van der Waals surface area contributed by atoms with E-state index in [1.54, 1.807) is 0 Å². The molecule has 1 aliphatic heterocycles. The van der Waals surface area contributed by atoms with Gasteiger partial charge < -0.3 is 9.94 Å². The number of carbonyl (C=O) groups is 1. The first kappa shape index (κ1) is 14.7. The molecule has 1 fully saturated rings. The summed E-state index contributed by atoms with van der Waals surface area (Å²) in [5.41, 5.74) is -0.790. The van der Waals surface area contributed by atoms with Crippen LogP contribution < -0.4 is 0 Å². The molecule has 0 bridgehead atoms. The standard InChI is InChI=1S/C12H22ClNO3/c1-11(2)7-9(17-10(15)5-6-13)8-12(3,4)14(11)16/h9,16H,5-8H2,1-4H3. The molecule has 17 heavy (non-hydrogen) atoms. The van der Waals surface area contributed by atoms with Crippen LogP contribution in [-0.4, -0.2) is 39.3 Å². The lowest BCUT2D eigenvalue weighted by Gasteiger charge is -2.50. The fourth-order valence-electron chi connectivity index (χ4n) is 2.58. The summed E-state index contributed by atoms with van der Waals surface area (Å²) in [6.07, 6.45) is 1.34. The summed E-state index contributed by atoms with van der Waals surface area (Å²) in [5.74, 6) is 0.0211. The van der Waals surface area contributed by atoms with Crippen molar-refractivity contribution in [3.63, 3.8) is 0 Å². The van der Waals surface area contributed by atoms with Crippen molar-refractivity contribution < 1.29 is 14.7 Å². The number of hydroxylamine groups is 2. The molecular weight excluding hydrogens is 242 g/mol. The van der Waals surface area contributed by atoms with Crippen LogP contribution in [0.1, 0.15) is 47.0 Å². The highest BCUT2D eigenvalue weighted by Gasteiger charge is 2.46. The van der Waals surface area contributed by atoms with Gasteiger partial charge in [0, 0.05) is 29.8 Å². The average molecular weight is 264 g/mol. The summed E-state index contributed by atoms with van der Waals surface area (Å²) in [5, 5.41) is 11.5. The van der Waals surface area contributed by atoms with E-state index in [-0.39, 0.29) is 24.4 Å². The quantitative estimate of drug-likeness (QED) is 0.628. The zero-order valence-corrected chi connectivity index (χ0v) is 11.8. The first-order valence-electron chi connectivity index (χ1n) is 5.94. The van der Waals surface area contributed by atoms with Crippen molar-refractivity contribution >= 4 is 17.6 Å². The Labute approximate surface area is 108 Å². The fourth-order valence-corrected chi connectivity index (χ4v) is 2.74. The largest absolute Gasteiger partial charge is 0.462 e. The molecule has 0 radical (unpaired) electrons. The minimum atomic E-state index is -0.395. The molecule has 0 aromatic heterocycles. The number of alkyl halides is 1. The molecule has 1 saturated heterocycles. The second-order valence-corrected chi connectivity index (χ2v) is 6.27. The van der Waals surface area contributed by atoms with Gasteiger partial charge in [0.05, 0.1) is 6.42 Å². The van der Waals surface area contributed by atoms with Gasteiger partial charge >= 0.3 is 5.97 Å². The first-order chi connectivity index (χ1) is 7.69. The second kappa shape index (κ2) is 5.12. The average Bonchev–Trinajstić information content (AvgIpc) is 2.13. The van der Waals surface area contributed by atoms with Gasteiger partial charge in [-0.1, -0.05) is 0 Å². The van der Waals surface area contributed by atoms with Crippen LogP contribution in [0.15, 0.2) is 0 Å². The third kappa shape index (κ3) is 3.57. The predicted molar refractivity (Wildman–Crippen MR) is 66.2 cm³/mol. The van der Waals surface area contributed by atoms with Crippen LogP contribution in [0, 0.1) is 0 Å². The number of piperidine rings is 1. The summed E-state index contributed by atoms with van der Waals surface area (Å²) in [6, 6.07) is 0. The predicted octanol–water partition coefficient (Wildman–Crippen LogP) is 2.57. The number of halogens is 1. The molecule has 0 aromatic carbocycles. The Morgan fingerprint density at radius 1 is 1.35 bits per heavy atom. The van der Waals surface area contributed by atoms with Gasteiger partial charge in [-0.05, 0) is 27.7 Å². The fraction of sp³-hybridized carbons (Fsp3) is 0.917. The van der Waals surface area contributed by atoms with Crippen LogP contribution in [0.5, 0.6) is 0 Å². The Hall–Kier alpha value is -0.320. The van der Waals surface area contributed by atoms with Crippen molar-refractivity contribution in [3.8, 4) is 0 Å². The highest BCUT2D eigenvalue weighted by molar-refractivity contribution is 6.18. The third-order valence-corrected chi connectivity index (χ3v) is 3.39. The topological polar surface area (TPSA) is 49.8 Å². The molecule has 0 spiro atoms. The van der Waals surface area contributed by atoms with Crippen molar-refractivity contribution in [1.29, 1.82) is 0 Å². The molecule has 5 heteroatoms. The van der Waals surface area contributed by atoms with Gasteiger partial charge in [0.25, 0.3) is 0 Å². The van der Waals surface area contributed by atoms with Crippen LogP contribution in [0.25, 0.3) is 0 Å². The van der Waals surface area contributed by atoms with Crippen molar-refractivity contribution in [3.05, 3.63) is 0 Å². The SMILES string of the molecule is CC1(C)CC(OC(=O)CCCl)CC(C)(C)N1O. The highest BCUT2D eigenvalue weighted by atomic mass is 35.5. The van der Waals surface area contributed by atoms with Gasteiger partial charge in [-0.25, -0.2) is 0 Å². The van der Waals surface area contributed by atoms with Gasteiger partial charge in [0.15, 0.2) is 0 Å². The van der Waals surface area contributed by atoms with E-state index in [0.717, 1.165) is 0 Å². The van der Waals surface area contributed by atoms with Gasteiger partial charge in [0.1, 0.15) is 6.10 Å². The van der Waals surface area contributed by atoms with Gasteiger partial charge in [-0.2, -0.15) is 5.06 Å². The highest BCUT2D eigenvalue weighted by Crippen LogP contribution is 2.37. The normalized spacial score (nSPS) is 24.6. The molecule has 0 aromatic rings. The van der Waals surface area contributed by atoms with E-state index in [1.807, 2.05) is 27.7 Å².